The third-order valence-corrected chi connectivity index (χ3v) is 3.77. The van der Waals surface area contributed by atoms with Gasteiger partial charge in [-0.3, -0.25) is 19.2 Å². The lowest BCUT2D eigenvalue weighted by Crippen LogP contribution is -2.28. The first-order valence-corrected chi connectivity index (χ1v) is 7.78. The second kappa shape index (κ2) is 7.13. The average molecular weight is 359 g/mol. The van der Waals surface area contributed by atoms with Crippen molar-refractivity contribution in [2.24, 2.45) is 0 Å². The summed E-state index contributed by atoms with van der Waals surface area (Å²) in [6, 6.07) is 5.99. The van der Waals surface area contributed by atoms with Crippen molar-refractivity contribution in [2.75, 3.05) is 30.4 Å². The van der Waals surface area contributed by atoms with E-state index in [-0.39, 0.29) is 18.4 Å². The molecule has 1 aliphatic heterocycles. The Labute approximate surface area is 148 Å². The largest absolute Gasteiger partial charge is 0.495 e. The quantitative estimate of drug-likeness (QED) is 0.699. The highest BCUT2D eigenvalue weighted by molar-refractivity contribution is 6.05. The van der Waals surface area contributed by atoms with Crippen LogP contribution in [0.2, 0.25) is 0 Å². The van der Waals surface area contributed by atoms with Crippen LogP contribution < -0.4 is 20.3 Å². The lowest BCUT2D eigenvalue weighted by atomic mass is 10.1. The number of benzene rings is 1. The number of carboxylic acids is 1. The van der Waals surface area contributed by atoms with Crippen molar-refractivity contribution in [1.29, 1.82) is 0 Å². The summed E-state index contributed by atoms with van der Waals surface area (Å²) in [5.74, 6) is -0.763. The zero-order chi connectivity index (χ0) is 18.7. The summed E-state index contributed by atoms with van der Waals surface area (Å²) in [5, 5.41) is 18.0. The van der Waals surface area contributed by atoms with Crippen molar-refractivity contribution in [3.05, 3.63) is 36.0 Å². The van der Waals surface area contributed by atoms with Gasteiger partial charge in [-0.1, -0.05) is 0 Å². The van der Waals surface area contributed by atoms with Gasteiger partial charge in [0.2, 0.25) is 0 Å². The van der Waals surface area contributed by atoms with Gasteiger partial charge in [-0.2, -0.15) is 5.10 Å². The van der Waals surface area contributed by atoms with Crippen LogP contribution in [-0.4, -0.2) is 53.0 Å². The van der Waals surface area contributed by atoms with Crippen LogP contribution in [0.25, 0.3) is 0 Å². The van der Waals surface area contributed by atoms with Crippen LogP contribution in [0.3, 0.4) is 0 Å². The second-order valence-corrected chi connectivity index (χ2v) is 5.52. The molecule has 136 valence electrons. The molecule has 3 N–H and O–H groups in total. The highest BCUT2D eigenvalue weighted by Crippen LogP contribution is 2.30. The van der Waals surface area contributed by atoms with Crippen LogP contribution in [-0.2, 0) is 11.3 Å². The van der Waals surface area contributed by atoms with Gasteiger partial charge in [0.05, 0.1) is 12.8 Å². The molecular formula is C16H17N5O5. The molecule has 0 atom stereocenters. The van der Waals surface area contributed by atoms with Gasteiger partial charge in [0, 0.05) is 30.9 Å². The van der Waals surface area contributed by atoms with E-state index in [9.17, 15) is 14.4 Å². The predicted octanol–water partition coefficient (Wildman–Crippen LogP) is 0.758. The monoisotopic (exact) mass is 359 g/mol. The van der Waals surface area contributed by atoms with Crippen molar-refractivity contribution in [2.45, 2.75) is 6.54 Å². The van der Waals surface area contributed by atoms with Crippen molar-refractivity contribution < 1.29 is 24.2 Å². The molecule has 2 aromatic rings. The van der Waals surface area contributed by atoms with Gasteiger partial charge in [-0.05, 0) is 18.2 Å². The first kappa shape index (κ1) is 17.3. The fourth-order valence-corrected chi connectivity index (χ4v) is 2.59. The molecule has 0 radical (unpaired) electrons. The van der Waals surface area contributed by atoms with E-state index < -0.39 is 11.9 Å². The molecule has 0 unspecified atom stereocenters. The smallest absolute Gasteiger partial charge is 0.325 e. The number of hydrogen-bond donors (Lipinski definition) is 3. The molecule has 0 bridgehead atoms. The Balaban J connectivity index is 1.80. The molecule has 2 heterocycles. The predicted molar refractivity (Wildman–Crippen MR) is 91.6 cm³/mol. The summed E-state index contributed by atoms with van der Waals surface area (Å²) in [6.07, 6.45) is 1.46. The Morgan fingerprint density at radius 3 is 2.85 bits per heavy atom. The first-order valence-electron chi connectivity index (χ1n) is 7.78. The van der Waals surface area contributed by atoms with E-state index in [1.165, 1.54) is 29.0 Å². The van der Waals surface area contributed by atoms with Gasteiger partial charge < -0.3 is 20.5 Å². The molecule has 0 aliphatic carbocycles. The SMILES string of the molecule is COc1ccc(C(=O)Nc2ccn(CC(=O)O)n2)cc1N1CCNC1=O. The van der Waals surface area contributed by atoms with Crippen molar-refractivity contribution in [3.63, 3.8) is 0 Å². The maximum Gasteiger partial charge on any atom is 0.325 e. The highest BCUT2D eigenvalue weighted by Gasteiger charge is 2.25. The van der Waals surface area contributed by atoms with E-state index in [1.807, 2.05) is 0 Å². The van der Waals surface area contributed by atoms with Gasteiger partial charge in [0.15, 0.2) is 5.82 Å². The molecule has 1 aromatic carbocycles. The summed E-state index contributed by atoms with van der Waals surface area (Å²) in [5.41, 5.74) is 0.805. The Morgan fingerprint density at radius 1 is 1.38 bits per heavy atom. The molecule has 10 nitrogen and oxygen atoms in total. The summed E-state index contributed by atoms with van der Waals surface area (Å²) in [6.45, 7) is 0.686. The van der Waals surface area contributed by atoms with Gasteiger partial charge in [0.25, 0.3) is 5.91 Å². The van der Waals surface area contributed by atoms with Crippen molar-refractivity contribution in [1.82, 2.24) is 15.1 Å². The van der Waals surface area contributed by atoms with Crippen LogP contribution in [0, 0.1) is 0 Å². The highest BCUT2D eigenvalue weighted by atomic mass is 16.5. The van der Waals surface area contributed by atoms with Crippen LogP contribution >= 0.6 is 0 Å². The number of carbonyl (C=O) groups excluding carboxylic acids is 2. The maximum absolute atomic E-state index is 12.5. The van der Waals surface area contributed by atoms with E-state index in [4.69, 9.17) is 9.84 Å². The van der Waals surface area contributed by atoms with E-state index in [1.54, 1.807) is 18.2 Å². The molecule has 1 aromatic heterocycles. The van der Waals surface area contributed by atoms with Crippen LogP contribution in [0.15, 0.2) is 30.5 Å². The summed E-state index contributed by atoms with van der Waals surface area (Å²) in [4.78, 5) is 36.5. The van der Waals surface area contributed by atoms with E-state index >= 15 is 0 Å². The maximum atomic E-state index is 12.5. The van der Waals surface area contributed by atoms with Gasteiger partial charge in [-0.25, -0.2) is 4.79 Å². The standard InChI is InChI=1S/C16H17N5O5/c1-26-12-3-2-10(8-11(12)21-7-5-17-16(21)25)15(24)18-13-4-6-20(19-13)9-14(22)23/h2-4,6,8H,5,7,9H2,1H3,(H,17,25)(H,22,23)(H,18,19,24). The molecule has 26 heavy (non-hydrogen) atoms. The van der Waals surface area contributed by atoms with Gasteiger partial charge in [0.1, 0.15) is 12.3 Å². The Morgan fingerprint density at radius 2 is 2.19 bits per heavy atom. The van der Waals surface area contributed by atoms with Gasteiger partial charge in [-0.15, -0.1) is 0 Å². The molecule has 0 spiro atoms. The number of nitrogens with one attached hydrogen (secondary N) is 2. The van der Waals surface area contributed by atoms with E-state index in [0.717, 1.165) is 0 Å². The topological polar surface area (TPSA) is 126 Å². The number of amides is 3. The lowest BCUT2D eigenvalue weighted by Gasteiger charge is -2.18. The Bertz CT molecular complexity index is 862. The molecular weight excluding hydrogens is 342 g/mol. The molecule has 1 aliphatic rings. The fourth-order valence-electron chi connectivity index (χ4n) is 2.59. The minimum absolute atomic E-state index is 0.229. The Kier molecular flexibility index (Phi) is 4.74. The number of hydrogen-bond acceptors (Lipinski definition) is 5. The molecule has 3 rings (SSSR count). The second-order valence-electron chi connectivity index (χ2n) is 5.52. The number of urea groups is 1. The number of rotatable bonds is 6. The number of carbonyl (C=O) groups is 3. The Hall–Kier alpha value is -3.56. The van der Waals surface area contributed by atoms with Crippen molar-refractivity contribution >= 4 is 29.4 Å². The van der Waals surface area contributed by atoms with E-state index in [0.29, 0.717) is 30.1 Å². The third-order valence-electron chi connectivity index (χ3n) is 3.77. The number of aliphatic carboxylic acids is 1. The fraction of sp³-hybridized carbons (Fsp3) is 0.250. The molecule has 1 fully saturated rings. The molecule has 3 amide bonds. The minimum Gasteiger partial charge on any atom is -0.495 e. The first-order chi connectivity index (χ1) is 12.5. The number of nitrogens with zero attached hydrogens (tertiary/aromatic N) is 3. The normalized spacial score (nSPS) is 13.4. The van der Waals surface area contributed by atoms with Crippen LogP contribution in [0.5, 0.6) is 5.75 Å². The number of carboxylic acid groups (broad SMARTS) is 1. The van der Waals surface area contributed by atoms with Gasteiger partial charge >= 0.3 is 12.0 Å². The summed E-state index contributed by atoms with van der Waals surface area (Å²) in [7, 11) is 1.49. The number of methoxy groups -OCH3 is 1. The lowest BCUT2D eigenvalue weighted by molar-refractivity contribution is -0.137. The number of anilines is 2. The number of aromatic nitrogens is 2. The zero-order valence-electron chi connectivity index (χ0n) is 13.9. The zero-order valence-corrected chi connectivity index (χ0v) is 13.9. The molecule has 0 saturated carbocycles. The van der Waals surface area contributed by atoms with Crippen LogP contribution in [0.1, 0.15) is 10.4 Å². The third kappa shape index (κ3) is 3.58. The van der Waals surface area contributed by atoms with Crippen LogP contribution in [0.4, 0.5) is 16.3 Å². The summed E-state index contributed by atoms with van der Waals surface area (Å²) >= 11 is 0. The average Bonchev–Trinajstić information content (AvgIpc) is 3.22. The summed E-state index contributed by atoms with van der Waals surface area (Å²) < 4.78 is 6.48. The minimum atomic E-state index is -1.03. The number of ether oxygens (including phenoxy) is 1. The van der Waals surface area contributed by atoms with E-state index in [2.05, 4.69) is 15.7 Å². The molecule has 10 heteroatoms. The van der Waals surface area contributed by atoms with Crippen molar-refractivity contribution in [3.8, 4) is 5.75 Å². The molecule has 1 saturated heterocycles.